The van der Waals surface area contributed by atoms with Gasteiger partial charge in [-0.1, -0.05) is 0 Å². The number of primary amides is 1. The van der Waals surface area contributed by atoms with Gasteiger partial charge in [-0.05, 0) is 30.9 Å². The Morgan fingerprint density at radius 3 is 2.67 bits per heavy atom. The summed E-state index contributed by atoms with van der Waals surface area (Å²) < 4.78 is 1.90. The van der Waals surface area contributed by atoms with Gasteiger partial charge in [0, 0.05) is 12.7 Å². The zero-order valence-corrected chi connectivity index (χ0v) is 7.08. The number of hydrogen-bond acceptors (Lipinski definition) is 1. The molecule has 1 heterocycles. The van der Waals surface area contributed by atoms with E-state index in [-0.39, 0.29) is 5.91 Å². The molecule has 3 heteroatoms. The van der Waals surface area contributed by atoms with Crippen LogP contribution in [0.3, 0.4) is 0 Å². The molecule has 1 fully saturated rings. The van der Waals surface area contributed by atoms with E-state index < -0.39 is 0 Å². The second-order valence-electron chi connectivity index (χ2n) is 3.34. The molecule has 1 aromatic rings. The van der Waals surface area contributed by atoms with E-state index in [1.807, 2.05) is 17.7 Å². The van der Waals surface area contributed by atoms with Gasteiger partial charge in [0.05, 0.1) is 0 Å². The molecule has 0 spiro atoms. The lowest BCUT2D eigenvalue weighted by Gasteiger charge is -2.02. The Kier molecular flexibility index (Phi) is 1.46. The molecule has 2 rings (SSSR count). The summed E-state index contributed by atoms with van der Waals surface area (Å²) in [6.07, 6.45) is 2.49. The number of nitrogens with two attached hydrogens (primary N) is 1. The van der Waals surface area contributed by atoms with Gasteiger partial charge < -0.3 is 10.3 Å². The number of carbonyl (C=O) groups excluding carboxylic acids is 1. The van der Waals surface area contributed by atoms with Crippen molar-refractivity contribution in [3.63, 3.8) is 0 Å². The first-order valence-electron chi connectivity index (χ1n) is 4.15. The topological polar surface area (TPSA) is 48.0 Å². The molecule has 3 nitrogen and oxygen atoms in total. The average molecular weight is 164 g/mol. The lowest BCUT2D eigenvalue weighted by atomic mass is 10.3. The van der Waals surface area contributed by atoms with Crippen LogP contribution in [-0.4, -0.2) is 10.5 Å². The summed E-state index contributed by atoms with van der Waals surface area (Å²) in [5.41, 5.74) is 7.04. The second-order valence-corrected chi connectivity index (χ2v) is 3.34. The number of rotatable bonds is 2. The van der Waals surface area contributed by atoms with Gasteiger partial charge in [-0.2, -0.15) is 0 Å². The van der Waals surface area contributed by atoms with Crippen LogP contribution in [-0.2, 0) is 7.05 Å². The fourth-order valence-corrected chi connectivity index (χ4v) is 1.56. The quantitative estimate of drug-likeness (QED) is 0.696. The van der Waals surface area contributed by atoms with Crippen molar-refractivity contribution < 1.29 is 4.79 Å². The Morgan fingerprint density at radius 2 is 2.25 bits per heavy atom. The molecule has 0 aliphatic heterocycles. The molecule has 0 aromatic carbocycles. The highest BCUT2D eigenvalue weighted by Gasteiger charge is 2.27. The fraction of sp³-hybridized carbons (Fsp3) is 0.444. The van der Waals surface area contributed by atoms with Crippen molar-refractivity contribution in [1.29, 1.82) is 0 Å². The summed E-state index contributed by atoms with van der Waals surface area (Å²) in [7, 11) is 1.90. The van der Waals surface area contributed by atoms with Crippen LogP contribution in [0.2, 0.25) is 0 Å². The zero-order chi connectivity index (χ0) is 8.72. The van der Waals surface area contributed by atoms with Gasteiger partial charge in [0.15, 0.2) is 0 Å². The van der Waals surface area contributed by atoms with E-state index in [1.54, 1.807) is 6.07 Å². The van der Waals surface area contributed by atoms with Crippen molar-refractivity contribution in [1.82, 2.24) is 4.57 Å². The monoisotopic (exact) mass is 164 g/mol. The highest BCUT2D eigenvalue weighted by Crippen LogP contribution is 2.40. The van der Waals surface area contributed by atoms with Crippen molar-refractivity contribution >= 4 is 5.91 Å². The first-order valence-corrected chi connectivity index (χ1v) is 4.15. The van der Waals surface area contributed by atoms with E-state index in [9.17, 15) is 4.79 Å². The minimum Gasteiger partial charge on any atom is -0.364 e. The summed E-state index contributed by atoms with van der Waals surface area (Å²) in [6.45, 7) is 0. The largest absolute Gasteiger partial charge is 0.364 e. The number of aromatic nitrogens is 1. The summed E-state index contributed by atoms with van der Waals surface area (Å²) in [6, 6.07) is 3.80. The predicted octanol–water partition coefficient (Wildman–Crippen LogP) is 1.00. The summed E-state index contributed by atoms with van der Waals surface area (Å²) in [5.74, 6) is 0.326. The van der Waals surface area contributed by atoms with E-state index in [0.29, 0.717) is 11.6 Å². The van der Waals surface area contributed by atoms with E-state index in [2.05, 4.69) is 0 Å². The maximum Gasteiger partial charge on any atom is 0.265 e. The van der Waals surface area contributed by atoms with Crippen LogP contribution in [0.25, 0.3) is 0 Å². The van der Waals surface area contributed by atoms with Gasteiger partial charge in [-0.15, -0.1) is 0 Å². The van der Waals surface area contributed by atoms with Gasteiger partial charge >= 0.3 is 0 Å². The molecule has 1 aliphatic rings. The number of nitrogens with zero attached hydrogens (tertiary/aromatic N) is 1. The van der Waals surface area contributed by atoms with Crippen LogP contribution in [0.15, 0.2) is 12.1 Å². The second kappa shape index (κ2) is 2.37. The minimum atomic E-state index is -0.343. The molecule has 0 saturated heterocycles. The lowest BCUT2D eigenvalue weighted by molar-refractivity contribution is 0.0992. The standard InChI is InChI=1S/C9H12N2O/c1-11-7(6-2-3-6)4-5-8(11)9(10)12/h4-6H,2-3H2,1H3,(H2,10,12). The predicted molar refractivity (Wildman–Crippen MR) is 45.9 cm³/mol. The maximum atomic E-state index is 10.9. The molecular formula is C9H12N2O. The number of carbonyl (C=O) groups is 1. The van der Waals surface area contributed by atoms with Gasteiger partial charge in [0.1, 0.15) is 5.69 Å². The summed E-state index contributed by atoms with van der Waals surface area (Å²) >= 11 is 0. The van der Waals surface area contributed by atoms with Crippen molar-refractivity contribution in [2.24, 2.45) is 12.8 Å². The van der Waals surface area contributed by atoms with Crippen molar-refractivity contribution in [3.8, 4) is 0 Å². The fourth-order valence-electron chi connectivity index (χ4n) is 1.56. The third kappa shape index (κ3) is 1.02. The van der Waals surface area contributed by atoms with Gasteiger partial charge in [0.2, 0.25) is 0 Å². The summed E-state index contributed by atoms with van der Waals surface area (Å²) in [4.78, 5) is 10.9. The molecule has 0 bridgehead atoms. The minimum absolute atomic E-state index is 0.343. The van der Waals surface area contributed by atoms with Crippen LogP contribution in [0.4, 0.5) is 0 Å². The molecule has 0 atom stereocenters. The van der Waals surface area contributed by atoms with E-state index >= 15 is 0 Å². The van der Waals surface area contributed by atoms with Crippen molar-refractivity contribution in [2.75, 3.05) is 0 Å². The Morgan fingerprint density at radius 1 is 1.58 bits per heavy atom. The number of amides is 1. The molecule has 1 saturated carbocycles. The van der Waals surface area contributed by atoms with E-state index in [0.717, 1.165) is 0 Å². The van der Waals surface area contributed by atoms with Crippen LogP contribution in [0, 0.1) is 0 Å². The first kappa shape index (κ1) is 7.40. The molecule has 12 heavy (non-hydrogen) atoms. The third-order valence-corrected chi connectivity index (χ3v) is 2.41. The van der Waals surface area contributed by atoms with Crippen molar-refractivity contribution in [2.45, 2.75) is 18.8 Å². The van der Waals surface area contributed by atoms with Crippen LogP contribution < -0.4 is 5.73 Å². The van der Waals surface area contributed by atoms with Gasteiger partial charge in [0.25, 0.3) is 5.91 Å². The molecule has 1 amide bonds. The van der Waals surface area contributed by atoms with Gasteiger partial charge in [-0.25, -0.2) is 0 Å². The molecule has 2 N–H and O–H groups in total. The lowest BCUT2D eigenvalue weighted by Crippen LogP contribution is -2.15. The number of hydrogen-bond donors (Lipinski definition) is 1. The highest BCUT2D eigenvalue weighted by molar-refractivity contribution is 5.91. The molecule has 0 unspecified atom stereocenters. The first-order chi connectivity index (χ1) is 5.70. The normalized spacial score (nSPS) is 16.4. The smallest absolute Gasteiger partial charge is 0.265 e. The Labute approximate surface area is 71.2 Å². The Balaban J connectivity index is 2.39. The molecule has 64 valence electrons. The van der Waals surface area contributed by atoms with E-state index in [1.165, 1.54) is 18.5 Å². The zero-order valence-electron chi connectivity index (χ0n) is 7.08. The van der Waals surface area contributed by atoms with Gasteiger partial charge in [-0.3, -0.25) is 4.79 Å². The van der Waals surface area contributed by atoms with Crippen LogP contribution in [0.1, 0.15) is 34.9 Å². The average Bonchev–Trinajstić information content (AvgIpc) is 2.75. The Bertz CT molecular complexity index is 323. The Hall–Kier alpha value is -1.25. The molecular weight excluding hydrogens is 152 g/mol. The van der Waals surface area contributed by atoms with Crippen molar-refractivity contribution in [3.05, 3.63) is 23.5 Å². The molecule has 1 aromatic heterocycles. The molecule has 0 radical (unpaired) electrons. The molecule has 1 aliphatic carbocycles. The van der Waals surface area contributed by atoms with Crippen LogP contribution in [0.5, 0.6) is 0 Å². The maximum absolute atomic E-state index is 10.9. The van der Waals surface area contributed by atoms with E-state index in [4.69, 9.17) is 5.73 Å². The van der Waals surface area contributed by atoms with Crippen LogP contribution >= 0.6 is 0 Å². The third-order valence-electron chi connectivity index (χ3n) is 2.41. The SMILES string of the molecule is Cn1c(C(N)=O)ccc1C1CC1. The highest BCUT2D eigenvalue weighted by atomic mass is 16.1. The summed E-state index contributed by atoms with van der Waals surface area (Å²) in [5, 5.41) is 0.